The van der Waals surface area contributed by atoms with Gasteiger partial charge >= 0.3 is 5.97 Å². The van der Waals surface area contributed by atoms with Gasteiger partial charge in [-0.2, -0.15) is 0 Å². The second-order valence-electron chi connectivity index (χ2n) is 4.58. The van der Waals surface area contributed by atoms with Crippen molar-refractivity contribution in [2.24, 2.45) is 5.92 Å². The molecule has 0 unspecified atom stereocenters. The summed E-state index contributed by atoms with van der Waals surface area (Å²) in [5.41, 5.74) is 0. The van der Waals surface area contributed by atoms with Crippen LogP contribution in [0.15, 0.2) is 0 Å². The van der Waals surface area contributed by atoms with Crippen LogP contribution in [0.3, 0.4) is 0 Å². The van der Waals surface area contributed by atoms with Crippen LogP contribution >= 0.6 is 0 Å². The lowest BCUT2D eigenvalue weighted by Crippen LogP contribution is -2.39. The van der Waals surface area contributed by atoms with Gasteiger partial charge in [-0.05, 0) is 25.3 Å². The Labute approximate surface area is 92.3 Å². The summed E-state index contributed by atoms with van der Waals surface area (Å²) < 4.78 is 0. The van der Waals surface area contributed by atoms with Gasteiger partial charge in [-0.25, -0.2) is 0 Å². The van der Waals surface area contributed by atoms with E-state index >= 15 is 0 Å². The van der Waals surface area contributed by atoms with E-state index in [1.165, 1.54) is 32.1 Å². The van der Waals surface area contributed by atoms with E-state index in [1.807, 2.05) is 0 Å². The Hall–Kier alpha value is -0.570. The highest BCUT2D eigenvalue weighted by Gasteiger charge is 2.22. The molecule has 1 atom stereocenters. The first kappa shape index (κ1) is 12.5. The summed E-state index contributed by atoms with van der Waals surface area (Å²) in [6, 6.07) is -0.326. The average Bonchev–Trinajstić information content (AvgIpc) is 2.25. The molecular formula is C12H23NO2. The molecule has 0 heterocycles. The van der Waals surface area contributed by atoms with Crippen molar-refractivity contribution < 1.29 is 9.90 Å². The highest BCUT2D eigenvalue weighted by Crippen LogP contribution is 2.27. The molecule has 1 rings (SSSR count). The SMILES string of the molecule is CCCN[C@@H](CC1CCCCC1)C(=O)O. The molecule has 0 radical (unpaired) electrons. The molecule has 0 spiro atoms. The van der Waals surface area contributed by atoms with Crippen molar-refractivity contribution in [2.75, 3.05) is 6.54 Å². The third-order valence-corrected chi connectivity index (χ3v) is 3.23. The van der Waals surface area contributed by atoms with Crippen LogP contribution in [-0.4, -0.2) is 23.7 Å². The molecule has 0 aromatic rings. The third kappa shape index (κ3) is 4.65. The fourth-order valence-corrected chi connectivity index (χ4v) is 2.35. The summed E-state index contributed by atoms with van der Waals surface area (Å²) in [6.45, 7) is 2.87. The van der Waals surface area contributed by atoms with Crippen LogP contribution in [0.1, 0.15) is 51.9 Å². The standard InChI is InChI=1S/C12H23NO2/c1-2-8-13-11(12(14)15)9-10-6-4-3-5-7-10/h10-11,13H,2-9H2,1H3,(H,14,15)/t11-/m0/s1. The van der Waals surface area contributed by atoms with E-state index in [0.717, 1.165) is 19.4 Å². The number of hydrogen-bond donors (Lipinski definition) is 2. The van der Waals surface area contributed by atoms with Gasteiger partial charge in [0.2, 0.25) is 0 Å². The van der Waals surface area contributed by atoms with Crippen LogP contribution in [0.25, 0.3) is 0 Å². The predicted molar refractivity (Wildman–Crippen MR) is 60.9 cm³/mol. The van der Waals surface area contributed by atoms with Crippen LogP contribution in [0.5, 0.6) is 0 Å². The fraction of sp³-hybridized carbons (Fsp3) is 0.917. The van der Waals surface area contributed by atoms with Gasteiger partial charge in [0.15, 0.2) is 0 Å². The van der Waals surface area contributed by atoms with E-state index in [9.17, 15) is 4.79 Å². The van der Waals surface area contributed by atoms with Crippen molar-refractivity contribution in [1.82, 2.24) is 5.32 Å². The Morgan fingerprint density at radius 2 is 2.07 bits per heavy atom. The molecule has 3 nitrogen and oxygen atoms in total. The number of carboxylic acids is 1. The number of rotatable bonds is 6. The summed E-state index contributed by atoms with van der Waals surface area (Å²) in [7, 11) is 0. The highest BCUT2D eigenvalue weighted by atomic mass is 16.4. The average molecular weight is 213 g/mol. The lowest BCUT2D eigenvalue weighted by Gasteiger charge is -2.25. The first-order chi connectivity index (χ1) is 7.24. The van der Waals surface area contributed by atoms with E-state index in [-0.39, 0.29) is 6.04 Å². The molecule has 0 aromatic carbocycles. The molecule has 0 aliphatic heterocycles. The Morgan fingerprint density at radius 1 is 1.40 bits per heavy atom. The van der Waals surface area contributed by atoms with Crippen molar-refractivity contribution in [3.8, 4) is 0 Å². The smallest absolute Gasteiger partial charge is 0.320 e. The molecule has 3 heteroatoms. The topological polar surface area (TPSA) is 49.3 Å². The summed E-state index contributed by atoms with van der Waals surface area (Å²) in [6.07, 6.45) is 8.14. The maximum absolute atomic E-state index is 11.0. The molecule has 0 bridgehead atoms. The minimum Gasteiger partial charge on any atom is -0.480 e. The first-order valence-electron chi connectivity index (χ1n) is 6.20. The van der Waals surface area contributed by atoms with Gasteiger partial charge in [-0.1, -0.05) is 39.0 Å². The largest absolute Gasteiger partial charge is 0.480 e. The van der Waals surface area contributed by atoms with Crippen molar-refractivity contribution in [1.29, 1.82) is 0 Å². The van der Waals surface area contributed by atoms with Crippen molar-refractivity contribution in [2.45, 2.75) is 57.9 Å². The maximum Gasteiger partial charge on any atom is 0.320 e. The van der Waals surface area contributed by atoms with Gasteiger partial charge in [0.1, 0.15) is 6.04 Å². The molecule has 15 heavy (non-hydrogen) atoms. The van der Waals surface area contributed by atoms with Gasteiger partial charge in [0, 0.05) is 0 Å². The van der Waals surface area contributed by atoms with Gasteiger partial charge in [0.05, 0.1) is 0 Å². The van der Waals surface area contributed by atoms with Crippen molar-refractivity contribution >= 4 is 5.97 Å². The second-order valence-corrected chi connectivity index (χ2v) is 4.58. The van der Waals surface area contributed by atoms with Crippen LogP contribution < -0.4 is 5.32 Å². The molecule has 0 saturated heterocycles. The van der Waals surface area contributed by atoms with E-state index < -0.39 is 5.97 Å². The zero-order valence-corrected chi connectivity index (χ0v) is 9.67. The molecule has 0 aromatic heterocycles. The Kier molecular flexibility index (Phi) is 5.69. The van der Waals surface area contributed by atoms with Crippen molar-refractivity contribution in [3.05, 3.63) is 0 Å². The number of hydrogen-bond acceptors (Lipinski definition) is 2. The lowest BCUT2D eigenvalue weighted by atomic mass is 9.85. The summed E-state index contributed by atoms with van der Waals surface area (Å²) >= 11 is 0. The molecule has 1 aliphatic rings. The number of nitrogens with one attached hydrogen (secondary N) is 1. The molecule has 88 valence electrons. The predicted octanol–water partition coefficient (Wildman–Crippen LogP) is 2.41. The third-order valence-electron chi connectivity index (χ3n) is 3.23. The normalized spacial score (nSPS) is 20.1. The van der Waals surface area contributed by atoms with Gasteiger partial charge in [0.25, 0.3) is 0 Å². The van der Waals surface area contributed by atoms with Crippen LogP contribution in [0.4, 0.5) is 0 Å². The Bertz CT molecular complexity index is 188. The molecule has 1 saturated carbocycles. The second kappa shape index (κ2) is 6.83. The molecular weight excluding hydrogens is 190 g/mol. The zero-order chi connectivity index (χ0) is 11.1. The van der Waals surface area contributed by atoms with Gasteiger partial charge in [-0.3, -0.25) is 4.79 Å². The van der Waals surface area contributed by atoms with Crippen LogP contribution in [0, 0.1) is 5.92 Å². The van der Waals surface area contributed by atoms with Crippen LogP contribution in [0.2, 0.25) is 0 Å². The minimum atomic E-state index is -0.686. The maximum atomic E-state index is 11.0. The summed E-state index contributed by atoms with van der Waals surface area (Å²) in [4.78, 5) is 11.0. The summed E-state index contributed by atoms with van der Waals surface area (Å²) in [5.74, 6) is -0.0572. The van der Waals surface area contributed by atoms with E-state index in [2.05, 4.69) is 12.2 Å². The van der Waals surface area contributed by atoms with Crippen LogP contribution in [-0.2, 0) is 4.79 Å². The Morgan fingerprint density at radius 3 is 2.60 bits per heavy atom. The number of carbonyl (C=O) groups is 1. The summed E-state index contributed by atoms with van der Waals surface area (Å²) in [5, 5.41) is 12.2. The molecule has 1 aliphatic carbocycles. The molecule has 1 fully saturated rings. The number of aliphatic carboxylic acids is 1. The monoisotopic (exact) mass is 213 g/mol. The molecule has 2 N–H and O–H groups in total. The first-order valence-corrected chi connectivity index (χ1v) is 6.20. The van der Waals surface area contributed by atoms with Gasteiger partial charge < -0.3 is 10.4 Å². The zero-order valence-electron chi connectivity index (χ0n) is 9.67. The van der Waals surface area contributed by atoms with E-state index in [4.69, 9.17) is 5.11 Å². The molecule has 0 amide bonds. The quantitative estimate of drug-likeness (QED) is 0.712. The van der Waals surface area contributed by atoms with E-state index in [0.29, 0.717) is 5.92 Å². The highest BCUT2D eigenvalue weighted by molar-refractivity contribution is 5.73. The van der Waals surface area contributed by atoms with E-state index in [1.54, 1.807) is 0 Å². The fourth-order valence-electron chi connectivity index (χ4n) is 2.35. The van der Waals surface area contributed by atoms with Gasteiger partial charge in [-0.15, -0.1) is 0 Å². The Balaban J connectivity index is 2.31. The lowest BCUT2D eigenvalue weighted by molar-refractivity contribution is -0.140. The number of carboxylic acid groups (broad SMARTS) is 1. The van der Waals surface area contributed by atoms with Crippen molar-refractivity contribution in [3.63, 3.8) is 0 Å². The minimum absolute atomic E-state index is 0.326.